The van der Waals surface area contributed by atoms with Crippen LogP contribution >= 0.6 is 0 Å². The Balaban J connectivity index is 1.76. The number of sulfone groups is 1. The van der Waals surface area contributed by atoms with Gasteiger partial charge in [0, 0.05) is 13.0 Å². The van der Waals surface area contributed by atoms with Gasteiger partial charge in [0.2, 0.25) is 0 Å². The zero-order valence-electron chi connectivity index (χ0n) is 14.1. The molecule has 0 aromatic heterocycles. The van der Waals surface area contributed by atoms with Crippen molar-refractivity contribution in [3.63, 3.8) is 0 Å². The molecule has 3 aliphatic rings. The summed E-state index contributed by atoms with van der Waals surface area (Å²) in [6.45, 7) is -0.179. The highest BCUT2D eigenvalue weighted by Gasteiger charge is 2.64. The van der Waals surface area contributed by atoms with Crippen molar-refractivity contribution in [1.29, 1.82) is 5.26 Å². The van der Waals surface area contributed by atoms with Crippen molar-refractivity contribution in [2.24, 2.45) is 5.92 Å². The van der Waals surface area contributed by atoms with Gasteiger partial charge in [0.25, 0.3) is 0 Å². The summed E-state index contributed by atoms with van der Waals surface area (Å²) in [6.07, 6.45) is -3.94. The maximum atomic E-state index is 12.5. The Morgan fingerprint density at radius 1 is 1.33 bits per heavy atom. The van der Waals surface area contributed by atoms with E-state index in [0.29, 0.717) is 0 Å². The third kappa shape index (κ3) is 3.89. The molecule has 3 fully saturated rings. The van der Waals surface area contributed by atoms with Crippen LogP contribution in [0, 0.1) is 17.2 Å². The second kappa shape index (κ2) is 6.34. The summed E-state index contributed by atoms with van der Waals surface area (Å²) in [6, 6.07) is -0.584. The number of carbonyl (C=O) groups is 2. The quantitative estimate of drug-likeness (QED) is 0.635. The van der Waals surface area contributed by atoms with Crippen molar-refractivity contribution in [1.82, 2.24) is 10.2 Å². The largest absolute Gasteiger partial charge is 0.480 e. The molecule has 150 valence electrons. The van der Waals surface area contributed by atoms with Gasteiger partial charge < -0.3 is 10.4 Å². The van der Waals surface area contributed by atoms with Crippen LogP contribution in [0.2, 0.25) is 0 Å². The fourth-order valence-corrected chi connectivity index (χ4v) is 5.76. The third-order valence-electron chi connectivity index (χ3n) is 5.38. The van der Waals surface area contributed by atoms with Gasteiger partial charge in [-0.1, -0.05) is 0 Å². The molecule has 8 nitrogen and oxygen atoms in total. The van der Waals surface area contributed by atoms with Crippen LogP contribution in [0.4, 0.5) is 13.2 Å². The van der Waals surface area contributed by atoms with Crippen molar-refractivity contribution in [3.8, 4) is 6.07 Å². The van der Waals surface area contributed by atoms with Crippen LogP contribution in [0.15, 0.2) is 0 Å². The van der Waals surface area contributed by atoms with Crippen molar-refractivity contribution in [3.05, 3.63) is 0 Å². The summed E-state index contributed by atoms with van der Waals surface area (Å²) in [7, 11) is -3.55. The van der Waals surface area contributed by atoms with Gasteiger partial charge in [-0.15, -0.1) is 0 Å². The van der Waals surface area contributed by atoms with Crippen LogP contribution in [0.3, 0.4) is 0 Å². The molecule has 0 radical (unpaired) electrons. The number of carboxylic acids is 1. The van der Waals surface area contributed by atoms with Crippen LogP contribution in [-0.4, -0.2) is 71.6 Å². The first-order valence-corrected chi connectivity index (χ1v) is 10.1. The average Bonchev–Trinajstić information content (AvgIpc) is 3.44. The molecule has 2 saturated carbocycles. The Labute approximate surface area is 153 Å². The van der Waals surface area contributed by atoms with Gasteiger partial charge in [0.05, 0.1) is 23.1 Å². The van der Waals surface area contributed by atoms with E-state index in [1.165, 1.54) is 4.90 Å². The Morgan fingerprint density at radius 2 is 1.96 bits per heavy atom. The minimum Gasteiger partial charge on any atom is -0.480 e. The molecule has 1 saturated heterocycles. The van der Waals surface area contributed by atoms with Crippen LogP contribution in [-0.2, 0) is 19.4 Å². The Morgan fingerprint density at radius 3 is 2.44 bits per heavy atom. The molecule has 1 aliphatic heterocycles. The summed E-state index contributed by atoms with van der Waals surface area (Å²) in [5.74, 6) is -3.54. The van der Waals surface area contributed by atoms with Crippen molar-refractivity contribution in [2.45, 2.75) is 54.7 Å². The summed E-state index contributed by atoms with van der Waals surface area (Å²) < 4.78 is 62.4. The maximum absolute atomic E-state index is 12.5. The standard InChI is InChI=1S/C15H18F3N3O5S/c16-15(17,18)13(24)20-14(7-19)4-11(14)21-5-9(3-10(21)12(22)23)27(25,26)6-8-1-2-8/h8-11H,1-6H2,(H,20,24)(H,22,23)/t9-,10+,11?,14?/m1/s1. The second-order valence-corrected chi connectivity index (χ2v) is 9.76. The van der Waals surface area contributed by atoms with E-state index < -0.39 is 50.8 Å². The number of alkyl halides is 3. The number of rotatable bonds is 6. The molecule has 4 atom stereocenters. The first-order chi connectivity index (χ1) is 12.4. The molecule has 2 aliphatic carbocycles. The van der Waals surface area contributed by atoms with E-state index in [2.05, 4.69) is 0 Å². The van der Waals surface area contributed by atoms with Crippen molar-refractivity contribution < 1.29 is 36.3 Å². The van der Waals surface area contributed by atoms with Crippen LogP contribution < -0.4 is 5.32 Å². The van der Waals surface area contributed by atoms with E-state index in [4.69, 9.17) is 0 Å². The first-order valence-electron chi connectivity index (χ1n) is 8.40. The highest BCUT2D eigenvalue weighted by atomic mass is 32.2. The second-order valence-electron chi connectivity index (χ2n) is 7.44. The molecule has 2 N–H and O–H groups in total. The first kappa shape index (κ1) is 19.9. The Hall–Kier alpha value is -1.87. The summed E-state index contributed by atoms with van der Waals surface area (Å²) in [5.41, 5.74) is -1.87. The van der Waals surface area contributed by atoms with Gasteiger partial charge in [0.1, 0.15) is 11.6 Å². The zero-order valence-corrected chi connectivity index (χ0v) is 14.9. The molecular weight excluding hydrogens is 391 g/mol. The number of hydrogen-bond donors (Lipinski definition) is 2. The van der Waals surface area contributed by atoms with E-state index in [-0.39, 0.29) is 31.1 Å². The molecule has 12 heteroatoms. The van der Waals surface area contributed by atoms with Gasteiger partial charge in [-0.2, -0.15) is 18.4 Å². The summed E-state index contributed by atoms with van der Waals surface area (Å²) in [4.78, 5) is 24.0. The molecule has 0 aromatic rings. The molecule has 1 amide bonds. The zero-order chi connectivity index (χ0) is 20.2. The van der Waals surface area contributed by atoms with Crippen molar-refractivity contribution >= 4 is 21.7 Å². The number of likely N-dealkylation sites (tertiary alicyclic amines) is 1. The Kier molecular flexibility index (Phi) is 4.67. The number of halogens is 3. The van der Waals surface area contributed by atoms with E-state index >= 15 is 0 Å². The number of aliphatic carboxylic acids is 1. The maximum Gasteiger partial charge on any atom is 0.471 e. The Bertz CT molecular complexity index is 804. The highest BCUT2D eigenvalue weighted by molar-refractivity contribution is 7.92. The predicted octanol–water partition coefficient (Wildman–Crippen LogP) is 0.0519. The summed E-state index contributed by atoms with van der Waals surface area (Å²) in [5, 5.41) is 19.3. The highest BCUT2D eigenvalue weighted by Crippen LogP contribution is 2.45. The lowest BCUT2D eigenvalue weighted by atomic mass is 10.2. The van der Waals surface area contributed by atoms with Gasteiger partial charge >= 0.3 is 18.1 Å². The molecule has 0 spiro atoms. The molecule has 0 bridgehead atoms. The van der Waals surface area contributed by atoms with E-state index in [0.717, 1.165) is 12.8 Å². The van der Waals surface area contributed by atoms with E-state index in [9.17, 15) is 41.5 Å². The number of nitriles is 1. The average molecular weight is 409 g/mol. The number of nitrogens with zero attached hydrogens (tertiary/aromatic N) is 2. The molecule has 0 aromatic carbocycles. The van der Waals surface area contributed by atoms with Gasteiger partial charge in [-0.25, -0.2) is 8.42 Å². The molecule has 3 rings (SSSR count). The van der Waals surface area contributed by atoms with Crippen LogP contribution in [0.5, 0.6) is 0 Å². The minimum absolute atomic E-state index is 0.0310. The van der Waals surface area contributed by atoms with Crippen LogP contribution in [0.25, 0.3) is 0 Å². The molecule has 27 heavy (non-hydrogen) atoms. The molecule has 1 heterocycles. The number of carbonyl (C=O) groups excluding carboxylic acids is 1. The molecular formula is C15H18F3N3O5S. The minimum atomic E-state index is -5.18. The lowest BCUT2D eigenvalue weighted by molar-refractivity contribution is -0.174. The van der Waals surface area contributed by atoms with Gasteiger partial charge in [-0.3, -0.25) is 14.5 Å². The third-order valence-corrected chi connectivity index (χ3v) is 7.67. The lowest BCUT2D eigenvalue weighted by Crippen LogP contribution is -2.50. The summed E-state index contributed by atoms with van der Waals surface area (Å²) >= 11 is 0. The van der Waals surface area contributed by atoms with Crippen molar-refractivity contribution in [2.75, 3.05) is 12.3 Å². The van der Waals surface area contributed by atoms with Gasteiger partial charge in [-0.05, 0) is 25.2 Å². The van der Waals surface area contributed by atoms with E-state index in [1.807, 2.05) is 0 Å². The SMILES string of the molecule is N#CC1(NC(=O)C(F)(F)F)CC1N1C[C@H](S(=O)(=O)CC2CC2)C[C@H]1C(=O)O. The fourth-order valence-electron chi connectivity index (χ4n) is 3.62. The number of amides is 1. The normalized spacial score (nSPS) is 34.1. The van der Waals surface area contributed by atoms with Gasteiger partial charge in [0.15, 0.2) is 9.84 Å². The smallest absolute Gasteiger partial charge is 0.471 e. The fraction of sp³-hybridized carbons (Fsp3) is 0.800. The number of carboxylic acid groups (broad SMARTS) is 1. The van der Waals surface area contributed by atoms with Crippen LogP contribution in [0.1, 0.15) is 25.7 Å². The number of nitrogens with one attached hydrogen (secondary N) is 1. The molecule has 2 unspecified atom stereocenters. The predicted molar refractivity (Wildman–Crippen MR) is 84.0 cm³/mol. The lowest BCUT2D eigenvalue weighted by Gasteiger charge is -2.23. The monoisotopic (exact) mass is 409 g/mol. The van der Waals surface area contributed by atoms with E-state index in [1.54, 1.807) is 11.4 Å². The topological polar surface area (TPSA) is 128 Å². The number of hydrogen-bond acceptors (Lipinski definition) is 6.